The van der Waals surface area contributed by atoms with Gasteiger partial charge in [-0.3, -0.25) is 35.5 Å². The number of anilines is 1. The van der Waals surface area contributed by atoms with Gasteiger partial charge in [-0.05, 0) is 35.9 Å². The van der Waals surface area contributed by atoms with Crippen LogP contribution in [0.15, 0.2) is 57.9 Å². The lowest BCUT2D eigenvalue weighted by Crippen LogP contribution is -2.35. The van der Waals surface area contributed by atoms with Gasteiger partial charge in [-0.25, -0.2) is 0 Å². The average molecular weight is 507 g/mol. The van der Waals surface area contributed by atoms with Crippen molar-refractivity contribution in [2.24, 2.45) is 0 Å². The highest BCUT2D eigenvalue weighted by atomic mass is 79.9. The van der Waals surface area contributed by atoms with E-state index in [1.165, 1.54) is 40.9 Å². The van der Waals surface area contributed by atoms with Crippen LogP contribution in [-0.4, -0.2) is 32.5 Å². The largest absolute Gasteiger partial charge is 0.299 e. The number of rotatable bonds is 7. The second-order valence-electron chi connectivity index (χ2n) is 6.12. The van der Waals surface area contributed by atoms with Gasteiger partial charge in [0.05, 0.1) is 15.5 Å². The topological polar surface area (TPSA) is 105 Å². The molecule has 3 rings (SSSR count). The van der Waals surface area contributed by atoms with Crippen LogP contribution in [0.4, 0.5) is 11.4 Å². The van der Waals surface area contributed by atoms with E-state index >= 15 is 0 Å². The smallest absolute Gasteiger partial charge is 0.269 e. The molecule has 2 aromatic carbocycles. The summed E-state index contributed by atoms with van der Waals surface area (Å²) in [7, 11) is 0. The Labute approximate surface area is 190 Å². The molecule has 1 saturated heterocycles. The molecular formula is C19H15BrN4O4S2. The molecule has 1 fully saturated rings. The van der Waals surface area contributed by atoms with E-state index in [0.717, 1.165) is 10.0 Å². The molecule has 2 aromatic rings. The zero-order chi connectivity index (χ0) is 21.7. The number of carbonyl (C=O) groups is 2. The van der Waals surface area contributed by atoms with Crippen LogP contribution in [0.2, 0.25) is 0 Å². The van der Waals surface area contributed by atoms with Gasteiger partial charge in [-0.2, -0.15) is 0 Å². The highest BCUT2D eigenvalue weighted by Crippen LogP contribution is 2.32. The minimum absolute atomic E-state index is 0.0383. The summed E-state index contributed by atoms with van der Waals surface area (Å²) in [5.74, 6) is -0.584. The third-order valence-electron chi connectivity index (χ3n) is 4.01. The van der Waals surface area contributed by atoms with Crippen LogP contribution < -0.4 is 10.9 Å². The van der Waals surface area contributed by atoms with E-state index in [1.807, 2.05) is 24.3 Å². The van der Waals surface area contributed by atoms with E-state index in [0.29, 0.717) is 14.9 Å². The normalized spacial score (nSPS) is 14.8. The van der Waals surface area contributed by atoms with Crippen LogP contribution in [0.3, 0.4) is 0 Å². The standard InChI is InChI=1S/C19H15BrN4O4S2/c20-13-3-1-2-12(10-13)11-16-18(26)23(19(29)30-16)9-8-17(25)22-21-14-4-6-15(7-5-14)24(27)28/h1-7,10-11,21H,8-9H2,(H,22,25). The van der Waals surface area contributed by atoms with Crippen molar-refractivity contribution in [3.05, 3.63) is 73.6 Å². The molecule has 2 N–H and O–H groups in total. The van der Waals surface area contributed by atoms with Crippen LogP contribution in [0.25, 0.3) is 6.08 Å². The molecule has 0 aromatic heterocycles. The lowest BCUT2D eigenvalue weighted by molar-refractivity contribution is -0.384. The van der Waals surface area contributed by atoms with Gasteiger partial charge in [0, 0.05) is 29.6 Å². The number of non-ortho nitro benzene ring substituents is 1. The SMILES string of the molecule is O=C(CCN1C(=O)C(=Cc2cccc(Br)c2)SC1=S)NNc1ccc([N+](=O)[O-])cc1. The highest BCUT2D eigenvalue weighted by Gasteiger charge is 2.32. The van der Waals surface area contributed by atoms with E-state index < -0.39 is 4.92 Å². The van der Waals surface area contributed by atoms with Crippen molar-refractivity contribution in [1.82, 2.24) is 10.3 Å². The number of amides is 2. The van der Waals surface area contributed by atoms with Crippen molar-refractivity contribution in [3.63, 3.8) is 0 Å². The van der Waals surface area contributed by atoms with Gasteiger partial charge in [0.15, 0.2) is 0 Å². The van der Waals surface area contributed by atoms with E-state index in [2.05, 4.69) is 26.8 Å². The third-order valence-corrected chi connectivity index (χ3v) is 5.88. The Morgan fingerprint density at radius 2 is 2.00 bits per heavy atom. The summed E-state index contributed by atoms with van der Waals surface area (Å²) >= 11 is 9.87. The van der Waals surface area contributed by atoms with Gasteiger partial charge in [0.1, 0.15) is 4.32 Å². The summed E-state index contributed by atoms with van der Waals surface area (Å²) in [6, 6.07) is 13.2. The highest BCUT2D eigenvalue weighted by molar-refractivity contribution is 9.10. The first kappa shape index (κ1) is 21.9. The summed E-state index contributed by atoms with van der Waals surface area (Å²) in [4.78, 5) is 36.7. The summed E-state index contributed by atoms with van der Waals surface area (Å²) in [6.07, 6.45) is 1.80. The maximum absolute atomic E-state index is 12.6. The van der Waals surface area contributed by atoms with Crippen molar-refractivity contribution >= 4 is 73.5 Å². The van der Waals surface area contributed by atoms with E-state index in [1.54, 1.807) is 6.08 Å². The number of hydrogen-bond donors (Lipinski definition) is 2. The fraction of sp³-hybridized carbons (Fsp3) is 0.105. The Bertz CT molecular complexity index is 1040. The maximum atomic E-state index is 12.6. The van der Waals surface area contributed by atoms with Gasteiger partial charge in [-0.15, -0.1) is 0 Å². The molecule has 0 aliphatic carbocycles. The van der Waals surface area contributed by atoms with Crippen LogP contribution in [-0.2, 0) is 9.59 Å². The third kappa shape index (κ3) is 5.65. The first-order chi connectivity index (χ1) is 14.3. The molecular weight excluding hydrogens is 492 g/mol. The lowest BCUT2D eigenvalue weighted by Gasteiger charge is -2.14. The molecule has 0 spiro atoms. The molecule has 1 heterocycles. The van der Waals surface area contributed by atoms with Gasteiger partial charge >= 0.3 is 0 Å². The number of nitro benzene ring substituents is 1. The van der Waals surface area contributed by atoms with Crippen molar-refractivity contribution in [2.45, 2.75) is 6.42 Å². The molecule has 0 atom stereocenters. The van der Waals surface area contributed by atoms with Crippen LogP contribution >= 0.6 is 39.9 Å². The van der Waals surface area contributed by atoms with Crippen molar-refractivity contribution < 1.29 is 14.5 Å². The van der Waals surface area contributed by atoms with Crippen LogP contribution in [0.1, 0.15) is 12.0 Å². The summed E-state index contributed by atoms with van der Waals surface area (Å²) in [5.41, 5.74) is 6.49. The monoisotopic (exact) mass is 506 g/mol. The Kier molecular flexibility index (Phi) is 7.19. The number of thioether (sulfide) groups is 1. The molecule has 154 valence electrons. The molecule has 0 bridgehead atoms. The van der Waals surface area contributed by atoms with Gasteiger partial charge in [0.25, 0.3) is 11.6 Å². The number of halogens is 1. The first-order valence-electron chi connectivity index (χ1n) is 8.64. The number of nitrogens with one attached hydrogen (secondary N) is 2. The maximum Gasteiger partial charge on any atom is 0.269 e. The lowest BCUT2D eigenvalue weighted by atomic mass is 10.2. The molecule has 11 heteroatoms. The van der Waals surface area contributed by atoms with E-state index in [4.69, 9.17) is 12.2 Å². The molecule has 0 saturated carbocycles. The second-order valence-corrected chi connectivity index (χ2v) is 8.71. The van der Waals surface area contributed by atoms with Gasteiger partial charge in [0.2, 0.25) is 5.91 Å². The predicted octanol–water partition coefficient (Wildman–Crippen LogP) is 4.09. The Balaban J connectivity index is 1.52. The fourth-order valence-corrected chi connectivity index (χ4v) is 4.25. The van der Waals surface area contributed by atoms with E-state index in [-0.39, 0.29) is 30.5 Å². The summed E-state index contributed by atoms with van der Waals surface area (Å²) in [5, 5.41) is 10.6. The summed E-state index contributed by atoms with van der Waals surface area (Å²) in [6.45, 7) is 0.147. The Hall–Kier alpha value is -2.76. The number of nitrogens with zero attached hydrogens (tertiary/aromatic N) is 2. The number of hydrogen-bond acceptors (Lipinski definition) is 7. The molecule has 1 aliphatic rings. The summed E-state index contributed by atoms with van der Waals surface area (Å²) < 4.78 is 1.31. The fourth-order valence-electron chi connectivity index (χ4n) is 2.52. The Morgan fingerprint density at radius 3 is 2.67 bits per heavy atom. The number of benzene rings is 2. The second kappa shape index (κ2) is 9.83. The zero-order valence-corrected chi connectivity index (χ0v) is 18.6. The van der Waals surface area contributed by atoms with Crippen molar-refractivity contribution in [3.8, 4) is 0 Å². The van der Waals surface area contributed by atoms with Crippen LogP contribution in [0.5, 0.6) is 0 Å². The van der Waals surface area contributed by atoms with Crippen LogP contribution in [0, 0.1) is 10.1 Å². The van der Waals surface area contributed by atoms with Crippen molar-refractivity contribution in [1.29, 1.82) is 0 Å². The number of thiocarbonyl (C=S) groups is 1. The number of nitro groups is 1. The zero-order valence-electron chi connectivity index (χ0n) is 15.3. The van der Waals surface area contributed by atoms with Crippen molar-refractivity contribution in [2.75, 3.05) is 12.0 Å². The molecule has 1 aliphatic heterocycles. The number of hydrazine groups is 1. The predicted molar refractivity (Wildman–Crippen MR) is 123 cm³/mol. The minimum atomic E-state index is -0.504. The molecule has 2 amide bonds. The average Bonchev–Trinajstić information content (AvgIpc) is 2.97. The molecule has 0 unspecified atom stereocenters. The van der Waals surface area contributed by atoms with Gasteiger partial charge < -0.3 is 0 Å². The quantitative estimate of drug-likeness (QED) is 0.252. The molecule has 0 radical (unpaired) electrons. The number of carbonyl (C=O) groups excluding carboxylic acids is 2. The molecule has 30 heavy (non-hydrogen) atoms. The van der Waals surface area contributed by atoms with Gasteiger partial charge in [-0.1, -0.05) is 52.0 Å². The van der Waals surface area contributed by atoms with E-state index in [9.17, 15) is 19.7 Å². The molecule has 8 nitrogen and oxygen atoms in total. The Morgan fingerprint density at radius 1 is 1.27 bits per heavy atom. The minimum Gasteiger partial charge on any atom is -0.299 e. The first-order valence-corrected chi connectivity index (χ1v) is 10.7.